The van der Waals surface area contributed by atoms with Gasteiger partial charge in [-0.2, -0.15) is 0 Å². The molecule has 0 spiro atoms. The zero-order chi connectivity index (χ0) is 12.4. The summed E-state index contributed by atoms with van der Waals surface area (Å²) < 4.78 is 13.2. The van der Waals surface area contributed by atoms with E-state index in [1.807, 2.05) is 0 Å². The van der Waals surface area contributed by atoms with Crippen molar-refractivity contribution in [2.45, 2.75) is 30.3 Å². The first-order valence-corrected chi connectivity index (χ1v) is 6.54. The monoisotopic (exact) mass is 254 g/mol. The van der Waals surface area contributed by atoms with Gasteiger partial charge in [-0.1, -0.05) is 0 Å². The molecule has 0 saturated heterocycles. The Morgan fingerprint density at radius 3 is 3.12 bits per heavy atom. The molecule has 92 valence electrons. The van der Waals surface area contributed by atoms with Crippen molar-refractivity contribution < 1.29 is 9.18 Å². The molecule has 0 aromatic heterocycles. The highest BCUT2D eigenvalue weighted by atomic mass is 32.2. The van der Waals surface area contributed by atoms with Gasteiger partial charge in [0.1, 0.15) is 5.82 Å². The van der Waals surface area contributed by atoms with E-state index in [4.69, 9.17) is 5.73 Å². The molecule has 2 rings (SSSR count). The summed E-state index contributed by atoms with van der Waals surface area (Å²) in [6.07, 6.45) is 0.805. The molecule has 0 saturated carbocycles. The normalized spacial score (nSPS) is 20.5. The number of nitrogens with two attached hydrogens (primary N) is 1. The van der Waals surface area contributed by atoms with Crippen molar-refractivity contribution in [2.75, 3.05) is 5.75 Å². The average molecular weight is 254 g/mol. The fraction of sp³-hybridized carbons (Fsp3) is 0.417. The first-order chi connectivity index (χ1) is 8.08. The zero-order valence-corrected chi connectivity index (χ0v) is 10.4. The highest BCUT2D eigenvalue weighted by Crippen LogP contribution is 2.36. The number of carbonyl (C=O) groups excluding carboxylic acids is 1. The number of amides is 1. The van der Waals surface area contributed by atoms with Crippen LogP contribution in [0, 0.1) is 5.82 Å². The smallest absolute Gasteiger partial charge is 0.237 e. The number of thioether (sulfide) groups is 1. The van der Waals surface area contributed by atoms with Crippen LogP contribution in [0.15, 0.2) is 23.1 Å². The van der Waals surface area contributed by atoms with Crippen LogP contribution >= 0.6 is 11.8 Å². The Bertz CT molecular complexity index is 437. The molecule has 2 atom stereocenters. The van der Waals surface area contributed by atoms with Crippen LogP contribution in [0.2, 0.25) is 0 Å². The molecular weight excluding hydrogens is 239 g/mol. The lowest BCUT2D eigenvalue weighted by molar-refractivity contribution is -0.122. The molecule has 0 fully saturated rings. The molecule has 1 aliphatic heterocycles. The number of nitrogens with one attached hydrogen (secondary N) is 1. The lowest BCUT2D eigenvalue weighted by Gasteiger charge is -2.26. The van der Waals surface area contributed by atoms with E-state index < -0.39 is 6.04 Å². The van der Waals surface area contributed by atoms with Gasteiger partial charge in [-0.25, -0.2) is 4.39 Å². The number of benzene rings is 1. The third-order valence-corrected chi connectivity index (χ3v) is 3.86. The van der Waals surface area contributed by atoms with Gasteiger partial charge in [0.05, 0.1) is 12.1 Å². The second-order valence-electron chi connectivity index (χ2n) is 4.17. The van der Waals surface area contributed by atoms with Crippen molar-refractivity contribution in [3.05, 3.63) is 29.6 Å². The van der Waals surface area contributed by atoms with Crippen molar-refractivity contribution in [3.63, 3.8) is 0 Å². The minimum atomic E-state index is -0.540. The highest BCUT2D eigenvalue weighted by molar-refractivity contribution is 7.99. The number of hydrogen-bond donors (Lipinski definition) is 2. The molecule has 0 radical (unpaired) electrons. The molecule has 3 N–H and O–H groups in total. The molecule has 1 heterocycles. The highest BCUT2D eigenvalue weighted by Gasteiger charge is 2.23. The summed E-state index contributed by atoms with van der Waals surface area (Å²) in [5.41, 5.74) is 6.37. The largest absolute Gasteiger partial charge is 0.348 e. The molecule has 1 aromatic rings. The van der Waals surface area contributed by atoms with Crippen molar-refractivity contribution in [3.8, 4) is 0 Å². The molecular formula is C12H15FN2OS. The Morgan fingerprint density at radius 1 is 1.65 bits per heavy atom. The molecule has 17 heavy (non-hydrogen) atoms. The minimum Gasteiger partial charge on any atom is -0.348 e. The van der Waals surface area contributed by atoms with Gasteiger partial charge in [-0.3, -0.25) is 4.79 Å². The first-order valence-electron chi connectivity index (χ1n) is 5.56. The number of rotatable bonds is 2. The lowest BCUT2D eigenvalue weighted by Crippen LogP contribution is -2.41. The molecule has 1 aliphatic rings. The van der Waals surface area contributed by atoms with Gasteiger partial charge in [0, 0.05) is 10.6 Å². The summed E-state index contributed by atoms with van der Waals surface area (Å²) >= 11 is 1.69. The zero-order valence-electron chi connectivity index (χ0n) is 9.57. The van der Waals surface area contributed by atoms with Crippen LogP contribution < -0.4 is 11.1 Å². The summed E-state index contributed by atoms with van der Waals surface area (Å²) in [7, 11) is 0. The molecule has 1 amide bonds. The van der Waals surface area contributed by atoms with Gasteiger partial charge in [-0.15, -0.1) is 11.8 Å². The van der Waals surface area contributed by atoms with E-state index in [9.17, 15) is 9.18 Å². The average Bonchev–Trinajstić information content (AvgIpc) is 2.29. The van der Waals surface area contributed by atoms with Crippen LogP contribution in [0.4, 0.5) is 4.39 Å². The standard InChI is InChI=1S/C12H15FN2OS/c1-7(14)12(16)15-10-4-5-17-11-3-2-8(13)6-9(10)11/h2-3,6-7,10H,4-5,14H2,1H3,(H,15,16). The summed E-state index contributed by atoms with van der Waals surface area (Å²) in [6.45, 7) is 1.64. The van der Waals surface area contributed by atoms with Gasteiger partial charge >= 0.3 is 0 Å². The van der Waals surface area contributed by atoms with E-state index in [1.165, 1.54) is 12.1 Å². The SMILES string of the molecule is CC(N)C(=O)NC1CCSc2ccc(F)cc21. The second kappa shape index (κ2) is 5.06. The molecule has 0 aliphatic carbocycles. The van der Waals surface area contributed by atoms with Crippen LogP contribution in [0.5, 0.6) is 0 Å². The Labute approximate surface area is 104 Å². The number of fused-ring (bicyclic) bond motifs is 1. The fourth-order valence-electron chi connectivity index (χ4n) is 1.82. The van der Waals surface area contributed by atoms with E-state index in [-0.39, 0.29) is 17.8 Å². The van der Waals surface area contributed by atoms with Crippen molar-refractivity contribution in [1.29, 1.82) is 0 Å². The maximum atomic E-state index is 13.2. The van der Waals surface area contributed by atoms with Crippen LogP contribution in [0.1, 0.15) is 24.9 Å². The van der Waals surface area contributed by atoms with Gasteiger partial charge in [-0.05, 0) is 37.1 Å². The van der Waals surface area contributed by atoms with Crippen LogP contribution in [-0.2, 0) is 4.79 Å². The van der Waals surface area contributed by atoms with Gasteiger partial charge in [0.25, 0.3) is 0 Å². The summed E-state index contributed by atoms with van der Waals surface area (Å²) in [5.74, 6) is 0.450. The van der Waals surface area contributed by atoms with Crippen LogP contribution in [-0.4, -0.2) is 17.7 Å². The summed E-state index contributed by atoms with van der Waals surface area (Å²) in [4.78, 5) is 12.6. The minimum absolute atomic E-state index is 0.125. The van der Waals surface area contributed by atoms with E-state index >= 15 is 0 Å². The van der Waals surface area contributed by atoms with E-state index in [0.717, 1.165) is 22.6 Å². The van der Waals surface area contributed by atoms with Crippen molar-refractivity contribution in [2.24, 2.45) is 5.73 Å². The Morgan fingerprint density at radius 2 is 2.41 bits per heavy atom. The maximum Gasteiger partial charge on any atom is 0.237 e. The third kappa shape index (κ3) is 2.79. The third-order valence-electron chi connectivity index (χ3n) is 2.74. The molecule has 3 nitrogen and oxygen atoms in total. The summed E-state index contributed by atoms with van der Waals surface area (Å²) in [5, 5.41) is 2.86. The Kier molecular flexibility index (Phi) is 3.69. The van der Waals surface area contributed by atoms with Gasteiger partial charge < -0.3 is 11.1 Å². The molecule has 2 unspecified atom stereocenters. The van der Waals surface area contributed by atoms with Crippen molar-refractivity contribution in [1.82, 2.24) is 5.32 Å². The topological polar surface area (TPSA) is 55.1 Å². The molecule has 0 bridgehead atoms. The number of carbonyl (C=O) groups is 1. The fourth-order valence-corrected chi connectivity index (χ4v) is 2.92. The Balaban J connectivity index is 2.22. The van der Waals surface area contributed by atoms with Crippen LogP contribution in [0.3, 0.4) is 0 Å². The van der Waals surface area contributed by atoms with E-state index in [0.29, 0.717) is 0 Å². The predicted octanol–water partition coefficient (Wildman–Crippen LogP) is 1.83. The van der Waals surface area contributed by atoms with Crippen molar-refractivity contribution >= 4 is 17.7 Å². The molecule has 5 heteroatoms. The lowest BCUT2D eigenvalue weighted by atomic mass is 10.0. The first kappa shape index (κ1) is 12.4. The maximum absolute atomic E-state index is 13.2. The molecule has 1 aromatic carbocycles. The number of halogens is 1. The van der Waals surface area contributed by atoms with Gasteiger partial charge in [0.2, 0.25) is 5.91 Å². The number of hydrogen-bond acceptors (Lipinski definition) is 3. The predicted molar refractivity (Wildman–Crippen MR) is 66.3 cm³/mol. The van der Waals surface area contributed by atoms with Gasteiger partial charge in [0.15, 0.2) is 0 Å². The second-order valence-corrected chi connectivity index (χ2v) is 5.31. The van der Waals surface area contributed by atoms with Crippen LogP contribution in [0.25, 0.3) is 0 Å². The van der Waals surface area contributed by atoms with E-state index in [1.54, 1.807) is 24.8 Å². The Hall–Kier alpha value is -1.07. The quantitative estimate of drug-likeness (QED) is 0.846. The summed E-state index contributed by atoms with van der Waals surface area (Å²) in [6, 6.07) is 4.04. The van der Waals surface area contributed by atoms with E-state index in [2.05, 4.69) is 5.32 Å².